The normalized spacial score (nSPS) is 15.5. The van der Waals surface area contributed by atoms with Crippen molar-refractivity contribution in [2.75, 3.05) is 0 Å². The summed E-state index contributed by atoms with van der Waals surface area (Å²) in [6.07, 6.45) is 1.01. The van der Waals surface area contributed by atoms with Crippen molar-refractivity contribution in [2.45, 2.75) is 52.7 Å². The van der Waals surface area contributed by atoms with Crippen LogP contribution in [0.4, 0.5) is 0 Å². The van der Waals surface area contributed by atoms with E-state index in [2.05, 4.69) is 0 Å². The lowest BCUT2D eigenvalue weighted by Gasteiger charge is -2.18. The Morgan fingerprint density at radius 2 is 1.77 bits per heavy atom. The molecule has 0 radical (unpaired) electrons. The number of ether oxygens (including phenoxy) is 1. The van der Waals surface area contributed by atoms with Crippen LogP contribution in [0.3, 0.4) is 0 Å². The smallest absolute Gasteiger partial charge is 0.311 e. The van der Waals surface area contributed by atoms with Gasteiger partial charge in [0.15, 0.2) is 0 Å². The third-order valence-electron chi connectivity index (χ3n) is 2.29. The molecule has 0 heterocycles. The van der Waals surface area contributed by atoms with Crippen LogP contribution in [0.2, 0.25) is 0 Å². The summed E-state index contributed by atoms with van der Waals surface area (Å²) in [5.74, 6) is -0.732. The third kappa shape index (κ3) is 4.27. The van der Waals surface area contributed by atoms with E-state index in [0.717, 1.165) is 12.8 Å². The molecule has 0 amide bonds. The van der Waals surface area contributed by atoms with E-state index in [4.69, 9.17) is 9.84 Å². The van der Waals surface area contributed by atoms with Crippen LogP contribution in [0.25, 0.3) is 0 Å². The minimum atomic E-state index is -0.637. The van der Waals surface area contributed by atoms with Gasteiger partial charge in [-0.05, 0) is 26.7 Å². The summed E-state index contributed by atoms with van der Waals surface area (Å²) < 4.78 is 5.17. The lowest BCUT2D eigenvalue weighted by atomic mass is 10.1. The van der Waals surface area contributed by atoms with E-state index in [-0.39, 0.29) is 12.1 Å². The SMILES string of the molecule is CCC(CC)OC(=O)C(C)C(C)O. The van der Waals surface area contributed by atoms with Gasteiger partial charge >= 0.3 is 5.97 Å². The van der Waals surface area contributed by atoms with Gasteiger partial charge in [-0.15, -0.1) is 0 Å². The molecule has 0 rings (SSSR count). The van der Waals surface area contributed by atoms with E-state index >= 15 is 0 Å². The first kappa shape index (κ1) is 12.4. The summed E-state index contributed by atoms with van der Waals surface area (Å²) >= 11 is 0. The molecule has 0 aromatic heterocycles. The van der Waals surface area contributed by atoms with Gasteiger partial charge in [0.25, 0.3) is 0 Å². The van der Waals surface area contributed by atoms with Crippen LogP contribution >= 0.6 is 0 Å². The van der Waals surface area contributed by atoms with Gasteiger partial charge in [-0.3, -0.25) is 4.79 Å². The molecule has 0 saturated heterocycles. The predicted molar refractivity (Wildman–Crippen MR) is 51.3 cm³/mol. The molecule has 0 aliphatic rings. The maximum Gasteiger partial charge on any atom is 0.311 e. The Morgan fingerprint density at radius 3 is 2.08 bits per heavy atom. The predicted octanol–water partition coefficient (Wildman–Crippen LogP) is 1.74. The molecule has 0 saturated carbocycles. The van der Waals surface area contributed by atoms with Crippen molar-refractivity contribution in [3.05, 3.63) is 0 Å². The summed E-state index contributed by atoms with van der Waals surface area (Å²) in [7, 11) is 0. The number of esters is 1. The number of aliphatic hydroxyl groups excluding tert-OH is 1. The van der Waals surface area contributed by atoms with Crippen molar-refractivity contribution in [3.63, 3.8) is 0 Å². The highest BCUT2D eigenvalue weighted by Gasteiger charge is 2.21. The molecule has 2 unspecified atom stereocenters. The number of rotatable bonds is 5. The van der Waals surface area contributed by atoms with Crippen LogP contribution in [-0.4, -0.2) is 23.3 Å². The summed E-state index contributed by atoms with van der Waals surface area (Å²) in [5.41, 5.74) is 0. The monoisotopic (exact) mass is 188 g/mol. The molecule has 0 fully saturated rings. The molecule has 0 aromatic rings. The lowest BCUT2D eigenvalue weighted by molar-refractivity contribution is -0.157. The molecule has 13 heavy (non-hydrogen) atoms. The van der Waals surface area contributed by atoms with Gasteiger partial charge in [-0.25, -0.2) is 0 Å². The molecule has 3 nitrogen and oxygen atoms in total. The first-order valence-electron chi connectivity index (χ1n) is 4.91. The third-order valence-corrected chi connectivity index (χ3v) is 2.29. The highest BCUT2D eigenvalue weighted by Crippen LogP contribution is 2.10. The van der Waals surface area contributed by atoms with Gasteiger partial charge in [0, 0.05) is 0 Å². The first-order valence-corrected chi connectivity index (χ1v) is 4.91. The highest BCUT2D eigenvalue weighted by atomic mass is 16.5. The summed E-state index contributed by atoms with van der Waals surface area (Å²) in [6, 6.07) is 0. The van der Waals surface area contributed by atoms with E-state index in [0.29, 0.717) is 0 Å². The minimum Gasteiger partial charge on any atom is -0.462 e. The van der Waals surface area contributed by atoms with Crippen molar-refractivity contribution in [2.24, 2.45) is 5.92 Å². The second kappa shape index (κ2) is 5.97. The Labute approximate surface area is 80.1 Å². The quantitative estimate of drug-likeness (QED) is 0.668. The molecule has 1 N–H and O–H groups in total. The average Bonchev–Trinajstić information content (AvgIpc) is 2.12. The highest BCUT2D eigenvalue weighted by molar-refractivity contribution is 5.72. The van der Waals surface area contributed by atoms with Gasteiger partial charge in [0.05, 0.1) is 12.0 Å². The number of carbonyl (C=O) groups is 1. The Morgan fingerprint density at radius 1 is 1.31 bits per heavy atom. The Balaban J connectivity index is 3.98. The molecule has 3 heteroatoms. The standard InChI is InChI=1S/C10H20O3/c1-5-9(6-2)13-10(12)7(3)8(4)11/h7-9,11H,5-6H2,1-4H3. The van der Waals surface area contributed by atoms with Crippen LogP contribution in [0.15, 0.2) is 0 Å². The Bertz CT molecular complexity index is 150. The van der Waals surface area contributed by atoms with E-state index in [1.54, 1.807) is 13.8 Å². The summed E-state index contributed by atoms with van der Waals surface area (Å²) in [4.78, 5) is 11.3. The van der Waals surface area contributed by atoms with Crippen molar-refractivity contribution in [1.82, 2.24) is 0 Å². The molecular formula is C10H20O3. The zero-order chi connectivity index (χ0) is 10.4. The van der Waals surface area contributed by atoms with Gasteiger partial charge in [-0.1, -0.05) is 13.8 Å². The van der Waals surface area contributed by atoms with Gasteiger partial charge in [-0.2, -0.15) is 0 Å². The first-order chi connectivity index (χ1) is 6.02. The molecular weight excluding hydrogens is 168 g/mol. The van der Waals surface area contributed by atoms with E-state index in [9.17, 15) is 4.79 Å². The largest absolute Gasteiger partial charge is 0.462 e. The number of hydrogen-bond acceptors (Lipinski definition) is 3. The van der Waals surface area contributed by atoms with Crippen molar-refractivity contribution >= 4 is 5.97 Å². The van der Waals surface area contributed by atoms with Crippen LogP contribution in [-0.2, 0) is 9.53 Å². The van der Waals surface area contributed by atoms with Crippen LogP contribution in [0.1, 0.15) is 40.5 Å². The molecule has 2 atom stereocenters. The maximum atomic E-state index is 11.3. The van der Waals surface area contributed by atoms with Crippen molar-refractivity contribution < 1.29 is 14.6 Å². The molecule has 0 bridgehead atoms. The van der Waals surface area contributed by atoms with Crippen LogP contribution in [0, 0.1) is 5.92 Å². The summed E-state index contributed by atoms with van der Waals surface area (Å²) in [5, 5.41) is 9.15. The second-order valence-electron chi connectivity index (χ2n) is 3.40. The molecule has 0 aliphatic carbocycles. The Hall–Kier alpha value is -0.570. The zero-order valence-corrected chi connectivity index (χ0v) is 8.91. The fourth-order valence-electron chi connectivity index (χ4n) is 0.924. The van der Waals surface area contributed by atoms with E-state index < -0.39 is 12.0 Å². The molecule has 0 aromatic carbocycles. The lowest BCUT2D eigenvalue weighted by Crippen LogP contribution is -2.28. The zero-order valence-electron chi connectivity index (χ0n) is 8.91. The molecule has 0 aliphatic heterocycles. The fourth-order valence-corrected chi connectivity index (χ4v) is 0.924. The van der Waals surface area contributed by atoms with Crippen molar-refractivity contribution in [3.8, 4) is 0 Å². The van der Waals surface area contributed by atoms with Crippen LogP contribution in [0.5, 0.6) is 0 Å². The van der Waals surface area contributed by atoms with E-state index in [1.165, 1.54) is 0 Å². The molecule has 0 spiro atoms. The number of hydrogen-bond donors (Lipinski definition) is 1. The van der Waals surface area contributed by atoms with Gasteiger partial charge < -0.3 is 9.84 Å². The Kier molecular flexibility index (Phi) is 5.71. The number of aliphatic hydroxyl groups is 1. The van der Waals surface area contributed by atoms with Crippen LogP contribution < -0.4 is 0 Å². The van der Waals surface area contributed by atoms with Gasteiger partial charge in [0.2, 0.25) is 0 Å². The second-order valence-corrected chi connectivity index (χ2v) is 3.40. The maximum absolute atomic E-state index is 11.3. The van der Waals surface area contributed by atoms with Crippen molar-refractivity contribution in [1.29, 1.82) is 0 Å². The fraction of sp³-hybridized carbons (Fsp3) is 0.900. The average molecular weight is 188 g/mol. The number of carbonyl (C=O) groups excluding carboxylic acids is 1. The van der Waals surface area contributed by atoms with E-state index in [1.807, 2.05) is 13.8 Å². The topological polar surface area (TPSA) is 46.5 Å². The molecule has 78 valence electrons. The minimum absolute atomic E-state index is 0.00583. The van der Waals surface area contributed by atoms with Gasteiger partial charge in [0.1, 0.15) is 6.10 Å². The summed E-state index contributed by atoms with van der Waals surface area (Å²) in [6.45, 7) is 7.23.